The van der Waals surface area contributed by atoms with Gasteiger partial charge in [0.1, 0.15) is 5.75 Å². The molecule has 0 radical (unpaired) electrons. The van der Waals surface area contributed by atoms with E-state index in [1.165, 1.54) is 23.3 Å². The van der Waals surface area contributed by atoms with Crippen molar-refractivity contribution in [1.29, 1.82) is 0 Å². The minimum absolute atomic E-state index is 0.311. The highest BCUT2D eigenvalue weighted by atomic mass is 16.5. The molecule has 1 aliphatic rings. The van der Waals surface area contributed by atoms with Crippen molar-refractivity contribution in [1.82, 2.24) is 9.91 Å². The van der Waals surface area contributed by atoms with Gasteiger partial charge in [-0.25, -0.2) is 0 Å². The Morgan fingerprint density at radius 1 is 0.900 bits per heavy atom. The highest BCUT2D eigenvalue weighted by molar-refractivity contribution is 5.98. The van der Waals surface area contributed by atoms with Gasteiger partial charge in [0, 0.05) is 39.6 Å². The molecular formula is C25H27N3O2. The summed E-state index contributed by atoms with van der Waals surface area (Å²) in [5, 5.41) is 9.59. The Bertz CT molecular complexity index is 1050. The molecule has 0 bridgehead atoms. The number of benzene rings is 3. The van der Waals surface area contributed by atoms with Crippen LogP contribution in [0, 0.1) is 0 Å². The Morgan fingerprint density at radius 3 is 2.33 bits per heavy atom. The lowest BCUT2D eigenvalue weighted by Gasteiger charge is -2.33. The van der Waals surface area contributed by atoms with Crippen LogP contribution < -0.4 is 4.74 Å². The van der Waals surface area contributed by atoms with Crippen molar-refractivity contribution in [2.45, 2.75) is 20.4 Å². The minimum atomic E-state index is -0.311. The maximum atomic E-state index is 11.0. The minimum Gasteiger partial charge on any atom is -0.427 e. The predicted octanol–water partition coefficient (Wildman–Crippen LogP) is 4.31. The van der Waals surface area contributed by atoms with Gasteiger partial charge in [0.15, 0.2) is 0 Å². The lowest BCUT2D eigenvalue weighted by molar-refractivity contribution is -0.131. The maximum Gasteiger partial charge on any atom is 0.308 e. The van der Waals surface area contributed by atoms with E-state index in [4.69, 9.17) is 9.84 Å². The molecule has 5 heteroatoms. The molecular weight excluding hydrogens is 374 g/mol. The van der Waals surface area contributed by atoms with Gasteiger partial charge < -0.3 is 4.74 Å². The molecule has 0 spiro atoms. The summed E-state index contributed by atoms with van der Waals surface area (Å²) < 4.78 is 5.09. The molecule has 0 N–H and O–H groups in total. The number of fused-ring (bicyclic) bond motifs is 1. The zero-order valence-corrected chi connectivity index (χ0v) is 17.5. The number of carbonyl (C=O) groups is 1. The van der Waals surface area contributed by atoms with E-state index in [1.807, 2.05) is 19.1 Å². The maximum absolute atomic E-state index is 11.0. The fraction of sp³-hybridized carbons (Fsp3) is 0.280. The molecule has 154 valence electrons. The van der Waals surface area contributed by atoms with E-state index in [9.17, 15) is 4.79 Å². The monoisotopic (exact) mass is 401 g/mol. The number of esters is 1. The van der Waals surface area contributed by atoms with Gasteiger partial charge in [-0.15, -0.1) is 0 Å². The van der Waals surface area contributed by atoms with E-state index in [1.54, 1.807) is 12.1 Å². The standard InChI is InChI=1S/C25H27N3O2/c1-19(21-10-12-24(13-11-21)30-20(2)29)26-28-16-14-27(15-17-28)18-23-8-5-7-22-6-3-4-9-25(22)23/h3-13H,14-18H2,1-2H3/b26-19-. The summed E-state index contributed by atoms with van der Waals surface area (Å²) in [7, 11) is 0. The van der Waals surface area contributed by atoms with Crippen molar-refractivity contribution in [2.75, 3.05) is 26.2 Å². The average Bonchev–Trinajstić information content (AvgIpc) is 2.75. The van der Waals surface area contributed by atoms with Crippen LogP contribution in [-0.2, 0) is 11.3 Å². The van der Waals surface area contributed by atoms with Crippen molar-refractivity contribution in [3.8, 4) is 5.75 Å². The molecule has 5 nitrogen and oxygen atoms in total. The number of rotatable bonds is 5. The summed E-state index contributed by atoms with van der Waals surface area (Å²) in [6.45, 7) is 8.19. The molecule has 0 atom stereocenters. The lowest BCUT2D eigenvalue weighted by Crippen LogP contribution is -2.43. The molecule has 1 saturated heterocycles. The van der Waals surface area contributed by atoms with Crippen LogP contribution in [0.3, 0.4) is 0 Å². The first-order valence-corrected chi connectivity index (χ1v) is 10.4. The molecule has 0 amide bonds. The van der Waals surface area contributed by atoms with Crippen molar-refractivity contribution >= 4 is 22.5 Å². The third-order valence-electron chi connectivity index (χ3n) is 5.45. The second-order valence-electron chi connectivity index (χ2n) is 7.67. The van der Waals surface area contributed by atoms with Crippen molar-refractivity contribution in [3.05, 3.63) is 77.9 Å². The summed E-state index contributed by atoms with van der Waals surface area (Å²) in [5.41, 5.74) is 3.38. The Balaban J connectivity index is 1.35. The highest BCUT2D eigenvalue weighted by Crippen LogP contribution is 2.21. The number of hydrogen-bond acceptors (Lipinski definition) is 5. The molecule has 3 aromatic carbocycles. The predicted molar refractivity (Wildman–Crippen MR) is 121 cm³/mol. The van der Waals surface area contributed by atoms with E-state index >= 15 is 0 Å². The van der Waals surface area contributed by atoms with E-state index < -0.39 is 0 Å². The second kappa shape index (κ2) is 9.09. The van der Waals surface area contributed by atoms with Gasteiger partial charge in [0.25, 0.3) is 0 Å². The molecule has 0 saturated carbocycles. The molecule has 1 heterocycles. The number of hydrazone groups is 1. The Kier molecular flexibility index (Phi) is 6.10. The Labute approximate surface area is 177 Å². The Hall–Kier alpha value is -3.18. The first-order chi connectivity index (χ1) is 14.6. The second-order valence-corrected chi connectivity index (χ2v) is 7.67. The molecule has 4 rings (SSSR count). The highest BCUT2D eigenvalue weighted by Gasteiger charge is 2.17. The first-order valence-electron chi connectivity index (χ1n) is 10.4. The van der Waals surface area contributed by atoms with Gasteiger partial charge in [-0.05, 0) is 53.1 Å². The molecule has 1 fully saturated rings. The van der Waals surface area contributed by atoms with E-state index in [0.717, 1.165) is 44.0 Å². The van der Waals surface area contributed by atoms with Crippen molar-refractivity contribution in [2.24, 2.45) is 5.10 Å². The fourth-order valence-electron chi connectivity index (χ4n) is 3.87. The number of nitrogens with zero attached hydrogens (tertiary/aromatic N) is 3. The van der Waals surface area contributed by atoms with Crippen LogP contribution in [0.15, 0.2) is 71.8 Å². The third-order valence-corrected chi connectivity index (χ3v) is 5.45. The van der Waals surface area contributed by atoms with E-state index in [2.05, 4.69) is 52.4 Å². The smallest absolute Gasteiger partial charge is 0.308 e. The van der Waals surface area contributed by atoms with Crippen LogP contribution in [0.4, 0.5) is 0 Å². The van der Waals surface area contributed by atoms with Gasteiger partial charge in [0.2, 0.25) is 0 Å². The molecule has 0 aromatic heterocycles. The summed E-state index contributed by atoms with van der Waals surface area (Å²) in [6.07, 6.45) is 0. The van der Waals surface area contributed by atoms with Crippen LogP contribution >= 0.6 is 0 Å². The summed E-state index contributed by atoms with van der Waals surface area (Å²) in [4.78, 5) is 13.5. The fourth-order valence-corrected chi connectivity index (χ4v) is 3.87. The number of hydrogen-bond donors (Lipinski definition) is 0. The molecule has 30 heavy (non-hydrogen) atoms. The SMILES string of the molecule is CC(=O)Oc1ccc(/C(C)=N\N2CCN(Cc3cccc4ccccc34)CC2)cc1. The molecule has 0 aliphatic carbocycles. The molecule has 0 unspecified atom stereocenters. The zero-order valence-electron chi connectivity index (χ0n) is 17.5. The van der Waals surface area contributed by atoms with E-state index in [-0.39, 0.29) is 5.97 Å². The van der Waals surface area contributed by atoms with Gasteiger partial charge in [-0.3, -0.25) is 14.7 Å². The largest absolute Gasteiger partial charge is 0.427 e. The molecule has 1 aliphatic heterocycles. The van der Waals surface area contributed by atoms with Crippen LogP contribution in [0.5, 0.6) is 5.75 Å². The summed E-state index contributed by atoms with van der Waals surface area (Å²) >= 11 is 0. The number of piperazine rings is 1. The van der Waals surface area contributed by atoms with Crippen molar-refractivity contribution in [3.63, 3.8) is 0 Å². The van der Waals surface area contributed by atoms with Crippen LogP contribution in [0.1, 0.15) is 25.0 Å². The number of ether oxygens (including phenoxy) is 1. The third kappa shape index (κ3) is 4.86. The normalized spacial score (nSPS) is 15.4. The number of carbonyl (C=O) groups excluding carboxylic acids is 1. The topological polar surface area (TPSA) is 45.1 Å². The van der Waals surface area contributed by atoms with Gasteiger partial charge in [-0.2, -0.15) is 5.10 Å². The van der Waals surface area contributed by atoms with Crippen molar-refractivity contribution < 1.29 is 9.53 Å². The Morgan fingerprint density at radius 2 is 1.60 bits per heavy atom. The van der Waals surface area contributed by atoms with Crippen LogP contribution in [0.2, 0.25) is 0 Å². The first kappa shape index (κ1) is 20.1. The zero-order chi connectivity index (χ0) is 20.9. The quantitative estimate of drug-likeness (QED) is 0.363. The average molecular weight is 402 g/mol. The van der Waals surface area contributed by atoms with Crippen LogP contribution in [0.25, 0.3) is 10.8 Å². The van der Waals surface area contributed by atoms with Gasteiger partial charge in [-0.1, -0.05) is 42.5 Å². The molecule has 3 aromatic rings. The van der Waals surface area contributed by atoms with Gasteiger partial charge in [0.05, 0.1) is 5.71 Å². The van der Waals surface area contributed by atoms with E-state index in [0.29, 0.717) is 5.75 Å². The lowest BCUT2D eigenvalue weighted by atomic mass is 10.0. The summed E-state index contributed by atoms with van der Waals surface area (Å²) in [5.74, 6) is 0.246. The van der Waals surface area contributed by atoms with Gasteiger partial charge >= 0.3 is 5.97 Å². The summed E-state index contributed by atoms with van der Waals surface area (Å²) in [6, 6.07) is 22.6. The van der Waals surface area contributed by atoms with Crippen LogP contribution in [-0.4, -0.2) is 47.8 Å².